The highest BCUT2D eigenvalue weighted by atomic mass is 31.2. The molecule has 0 aliphatic heterocycles. The maximum Gasteiger partial charge on any atom is 0.472 e. The van der Waals surface area contributed by atoms with Crippen molar-refractivity contribution >= 4 is 19.8 Å². The zero-order chi connectivity index (χ0) is 36.3. The lowest BCUT2D eigenvalue weighted by Gasteiger charge is -2.20. The molecule has 0 amide bonds. The van der Waals surface area contributed by atoms with E-state index >= 15 is 0 Å². The Morgan fingerprint density at radius 3 is 1.24 bits per heavy atom. The number of aliphatic hydroxyl groups excluding tert-OH is 2. The largest absolute Gasteiger partial charge is 0.472 e. The molecule has 288 valence electrons. The van der Waals surface area contributed by atoms with Gasteiger partial charge in [0.05, 0.1) is 26.4 Å². The summed E-state index contributed by atoms with van der Waals surface area (Å²) in [4.78, 5) is 34.3. The number of allylic oxidation sites excluding steroid dienone is 4. The maximum absolute atomic E-state index is 12.3. The molecule has 0 bridgehead atoms. The van der Waals surface area contributed by atoms with Gasteiger partial charge in [0.25, 0.3) is 0 Å². The van der Waals surface area contributed by atoms with Crippen LogP contribution in [0.4, 0.5) is 0 Å². The number of hydrogen-bond acceptors (Lipinski definition) is 9. The summed E-state index contributed by atoms with van der Waals surface area (Å²) in [5, 5.41) is 19.1. The van der Waals surface area contributed by atoms with E-state index in [0.29, 0.717) is 12.8 Å². The normalized spacial score (nSPS) is 14.3. The van der Waals surface area contributed by atoms with Gasteiger partial charge in [0.1, 0.15) is 12.2 Å². The quantitative estimate of drug-likeness (QED) is 0.0248. The predicted octanol–water partition coefficient (Wildman–Crippen LogP) is 9.44. The molecule has 49 heavy (non-hydrogen) atoms. The van der Waals surface area contributed by atoms with Crippen LogP contribution in [-0.4, -0.2) is 65.7 Å². The fourth-order valence-electron chi connectivity index (χ4n) is 5.11. The first-order valence-electron chi connectivity index (χ1n) is 19.3. The number of unbranched alkanes of at least 4 members (excludes halogenated alkanes) is 18. The molecule has 0 radical (unpaired) electrons. The molecule has 0 rings (SSSR count). The highest BCUT2D eigenvalue weighted by Gasteiger charge is 2.27. The van der Waals surface area contributed by atoms with Gasteiger partial charge in [-0.25, -0.2) is 4.57 Å². The van der Waals surface area contributed by atoms with E-state index in [-0.39, 0.29) is 12.8 Å². The highest BCUT2D eigenvalue weighted by molar-refractivity contribution is 7.47. The van der Waals surface area contributed by atoms with Crippen LogP contribution in [0, 0.1) is 0 Å². The number of esters is 2. The van der Waals surface area contributed by atoms with Crippen molar-refractivity contribution in [2.45, 2.75) is 180 Å². The molecule has 3 atom stereocenters. The Morgan fingerprint density at radius 2 is 0.878 bits per heavy atom. The summed E-state index contributed by atoms with van der Waals surface area (Å²) in [6.45, 7) is 2.11. The van der Waals surface area contributed by atoms with Gasteiger partial charge < -0.3 is 24.6 Å². The smallest absolute Gasteiger partial charge is 0.457 e. The summed E-state index contributed by atoms with van der Waals surface area (Å²) in [5.41, 5.74) is 0. The molecular weight excluding hydrogens is 647 g/mol. The Hall–Kier alpha value is -1.55. The van der Waals surface area contributed by atoms with Crippen LogP contribution in [0.2, 0.25) is 0 Å². The van der Waals surface area contributed by atoms with Crippen molar-refractivity contribution in [2.24, 2.45) is 0 Å². The number of phosphoric ester groups is 1. The zero-order valence-electron chi connectivity index (χ0n) is 30.9. The third kappa shape index (κ3) is 33.4. The average molecular weight is 719 g/mol. The van der Waals surface area contributed by atoms with Gasteiger partial charge in [0, 0.05) is 12.8 Å². The fourth-order valence-corrected chi connectivity index (χ4v) is 5.89. The lowest BCUT2D eigenvalue weighted by atomic mass is 10.1. The second kappa shape index (κ2) is 34.9. The van der Waals surface area contributed by atoms with Gasteiger partial charge >= 0.3 is 19.8 Å². The molecule has 11 heteroatoms. The van der Waals surface area contributed by atoms with E-state index in [1.165, 1.54) is 51.4 Å². The summed E-state index contributed by atoms with van der Waals surface area (Å²) in [6.07, 6.45) is 31.6. The molecule has 0 spiro atoms. The summed E-state index contributed by atoms with van der Waals surface area (Å²) in [5.74, 6) is -1.04. The van der Waals surface area contributed by atoms with Crippen molar-refractivity contribution in [1.29, 1.82) is 0 Å². The van der Waals surface area contributed by atoms with Gasteiger partial charge in [-0.1, -0.05) is 122 Å². The maximum atomic E-state index is 12.3. The van der Waals surface area contributed by atoms with Crippen molar-refractivity contribution in [1.82, 2.24) is 0 Å². The van der Waals surface area contributed by atoms with Crippen LogP contribution >= 0.6 is 7.82 Å². The van der Waals surface area contributed by atoms with Gasteiger partial charge in [-0.05, 0) is 57.8 Å². The van der Waals surface area contributed by atoms with Crippen LogP contribution in [0.25, 0.3) is 0 Å². The van der Waals surface area contributed by atoms with Crippen LogP contribution in [0.3, 0.4) is 0 Å². The SMILES string of the molecule is CCC/C=C\CCCCCCCC(=O)OC(CO)COP(=O)(O)OCC(CO)OC(=O)CCCCCCC/C=C\CCCCCCCCC. The molecular formula is C38H71O10P. The Kier molecular flexibility index (Phi) is 33.8. The van der Waals surface area contributed by atoms with Crippen LogP contribution in [-0.2, 0) is 32.7 Å². The van der Waals surface area contributed by atoms with E-state index in [4.69, 9.17) is 18.5 Å². The van der Waals surface area contributed by atoms with Crippen molar-refractivity contribution < 1.29 is 47.8 Å². The first-order valence-corrected chi connectivity index (χ1v) is 20.8. The third-order valence-corrected chi connectivity index (χ3v) is 9.07. The van der Waals surface area contributed by atoms with Crippen LogP contribution in [0.1, 0.15) is 168 Å². The molecule has 0 aromatic heterocycles. The van der Waals surface area contributed by atoms with E-state index < -0.39 is 58.4 Å². The Balaban J connectivity index is 3.98. The lowest BCUT2D eigenvalue weighted by Crippen LogP contribution is -2.28. The predicted molar refractivity (Wildman–Crippen MR) is 196 cm³/mol. The summed E-state index contributed by atoms with van der Waals surface area (Å²) < 4.78 is 32.4. The van der Waals surface area contributed by atoms with E-state index in [1.807, 2.05) is 0 Å². The lowest BCUT2D eigenvalue weighted by molar-refractivity contribution is -0.153. The van der Waals surface area contributed by atoms with Crippen molar-refractivity contribution in [3.63, 3.8) is 0 Å². The molecule has 0 saturated heterocycles. The Labute approximate surface area is 298 Å². The first kappa shape index (κ1) is 47.4. The Morgan fingerprint density at radius 1 is 0.531 bits per heavy atom. The molecule has 0 saturated carbocycles. The molecule has 0 aromatic rings. The van der Waals surface area contributed by atoms with Gasteiger partial charge in [-0.3, -0.25) is 18.6 Å². The molecule has 0 aromatic carbocycles. The van der Waals surface area contributed by atoms with E-state index in [1.54, 1.807) is 0 Å². The number of carbonyl (C=O) groups excluding carboxylic acids is 2. The second-order valence-electron chi connectivity index (χ2n) is 12.9. The van der Waals surface area contributed by atoms with Crippen LogP contribution in [0.15, 0.2) is 24.3 Å². The second-order valence-corrected chi connectivity index (χ2v) is 14.4. The number of aliphatic hydroxyl groups is 2. The van der Waals surface area contributed by atoms with Gasteiger partial charge in [-0.2, -0.15) is 0 Å². The minimum Gasteiger partial charge on any atom is -0.457 e. The molecule has 0 fully saturated rings. The molecule has 3 unspecified atom stereocenters. The number of carbonyl (C=O) groups is 2. The highest BCUT2D eigenvalue weighted by Crippen LogP contribution is 2.43. The minimum atomic E-state index is -4.63. The summed E-state index contributed by atoms with van der Waals surface area (Å²) >= 11 is 0. The third-order valence-electron chi connectivity index (χ3n) is 8.12. The number of rotatable bonds is 36. The molecule has 0 heterocycles. The van der Waals surface area contributed by atoms with E-state index in [2.05, 4.69) is 38.2 Å². The summed E-state index contributed by atoms with van der Waals surface area (Å²) in [7, 11) is -4.63. The Bertz CT molecular complexity index is 879. The van der Waals surface area contributed by atoms with Crippen molar-refractivity contribution in [2.75, 3.05) is 26.4 Å². The first-order chi connectivity index (χ1) is 23.8. The van der Waals surface area contributed by atoms with Crippen molar-refractivity contribution in [3.05, 3.63) is 24.3 Å². The van der Waals surface area contributed by atoms with E-state index in [0.717, 1.165) is 77.0 Å². The standard InChI is InChI=1S/C38H71O10P/c1-3-5-7-9-11-13-15-16-17-18-19-20-22-24-26-28-30-38(42)48-36(32-40)34-46-49(43,44)45-33-35(31-39)47-37(41)29-27-25-23-21-14-12-10-8-6-4-2/h8,10,17-18,35-36,39-40H,3-7,9,11-16,19-34H2,1-2H3,(H,43,44)/b10-8-,18-17-. The van der Waals surface area contributed by atoms with Crippen molar-refractivity contribution in [3.8, 4) is 0 Å². The van der Waals surface area contributed by atoms with Gasteiger partial charge in [0.2, 0.25) is 0 Å². The van der Waals surface area contributed by atoms with Crippen LogP contribution < -0.4 is 0 Å². The zero-order valence-corrected chi connectivity index (χ0v) is 31.8. The molecule has 3 N–H and O–H groups in total. The fraction of sp³-hybridized carbons (Fsp3) is 0.842. The summed E-state index contributed by atoms with van der Waals surface area (Å²) in [6, 6.07) is 0. The van der Waals surface area contributed by atoms with Gasteiger partial charge in [0.15, 0.2) is 0 Å². The number of phosphoric acid groups is 1. The molecule has 10 nitrogen and oxygen atoms in total. The topological polar surface area (TPSA) is 149 Å². The minimum absolute atomic E-state index is 0.181. The van der Waals surface area contributed by atoms with Crippen LogP contribution in [0.5, 0.6) is 0 Å². The molecule has 0 aliphatic carbocycles. The molecule has 0 aliphatic rings. The monoisotopic (exact) mass is 718 g/mol. The van der Waals surface area contributed by atoms with E-state index in [9.17, 15) is 29.3 Å². The van der Waals surface area contributed by atoms with Gasteiger partial charge in [-0.15, -0.1) is 0 Å². The average Bonchev–Trinajstić information content (AvgIpc) is 3.09. The number of ether oxygens (including phenoxy) is 2. The number of hydrogen-bond donors (Lipinski definition) is 3.